The third-order valence-electron chi connectivity index (χ3n) is 3.47. The van der Waals surface area contributed by atoms with E-state index >= 15 is 0 Å². The molecule has 0 aliphatic carbocycles. The van der Waals surface area contributed by atoms with Gasteiger partial charge in [-0.2, -0.15) is 0 Å². The van der Waals surface area contributed by atoms with Gasteiger partial charge in [0.25, 0.3) is 0 Å². The van der Waals surface area contributed by atoms with Crippen molar-refractivity contribution in [1.82, 2.24) is 0 Å². The minimum Gasteiger partial charge on any atom is -0.426 e. The lowest BCUT2D eigenvalue weighted by Gasteiger charge is -2.21. The van der Waals surface area contributed by atoms with Crippen LogP contribution in [-0.4, -0.2) is 11.8 Å². The average molecular weight is 278 g/mol. The number of benzene rings is 2. The van der Waals surface area contributed by atoms with Crippen molar-refractivity contribution in [1.29, 1.82) is 0 Å². The van der Waals surface area contributed by atoms with Crippen LogP contribution >= 0.6 is 0 Å². The van der Waals surface area contributed by atoms with Crippen molar-refractivity contribution >= 4 is 17.8 Å². The second kappa shape index (κ2) is 5.75. The van der Waals surface area contributed by atoms with E-state index in [1.807, 2.05) is 48.5 Å². The van der Waals surface area contributed by atoms with Crippen molar-refractivity contribution in [2.45, 2.75) is 6.42 Å². The predicted molar refractivity (Wildman–Crippen MR) is 79.8 cm³/mol. The number of para-hydroxylation sites is 1. The van der Waals surface area contributed by atoms with E-state index < -0.39 is 11.9 Å². The molecule has 0 amide bonds. The van der Waals surface area contributed by atoms with Gasteiger partial charge < -0.3 is 4.74 Å². The quantitative estimate of drug-likeness (QED) is 0.375. The predicted octanol–water partition coefficient (Wildman–Crippen LogP) is 3.05. The maximum atomic E-state index is 12.2. The van der Waals surface area contributed by atoms with Gasteiger partial charge in [-0.15, -0.1) is 0 Å². The molecule has 1 aliphatic rings. The number of hydrogen-bond acceptors (Lipinski definition) is 3. The molecule has 0 saturated carbocycles. The highest BCUT2D eigenvalue weighted by atomic mass is 16.5. The minimum absolute atomic E-state index is 0.224. The summed E-state index contributed by atoms with van der Waals surface area (Å²) < 4.78 is 5.22. The summed E-state index contributed by atoms with van der Waals surface area (Å²) >= 11 is 0. The summed E-state index contributed by atoms with van der Waals surface area (Å²) in [6, 6.07) is 16.8. The van der Waals surface area contributed by atoms with Crippen LogP contribution in [0.15, 0.2) is 60.7 Å². The summed E-state index contributed by atoms with van der Waals surface area (Å²) in [5.41, 5.74) is 1.82. The molecule has 1 aliphatic heterocycles. The van der Waals surface area contributed by atoms with E-state index in [1.54, 1.807) is 12.1 Å². The van der Waals surface area contributed by atoms with Crippen molar-refractivity contribution in [3.05, 3.63) is 71.8 Å². The van der Waals surface area contributed by atoms with Gasteiger partial charge in [0, 0.05) is 0 Å². The van der Waals surface area contributed by atoms with Crippen LogP contribution < -0.4 is 4.74 Å². The van der Waals surface area contributed by atoms with Crippen LogP contribution in [0.25, 0.3) is 6.08 Å². The molecule has 21 heavy (non-hydrogen) atoms. The van der Waals surface area contributed by atoms with Crippen molar-refractivity contribution in [3.63, 3.8) is 0 Å². The topological polar surface area (TPSA) is 43.4 Å². The van der Waals surface area contributed by atoms with Crippen LogP contribution in [-0.2, 0) is 16.0 Å². The highest BCUT2D eigenvalue weighted by molar-refractivity contribution is 6.08. The minimum atomic E-state index is -0.750. The van der Waals surface area contributed by atoms with E-state index in [0.29, 0.717) is 12.2 Å². The Morgan fingerprint density at radius 2 is 1.76 bits per heavy atom. The molecular weight excluding hydrogens is 264 g/mol. The van der Waals surface area contributed by atoms with Crippen molar-refractivity contribution in [2.75, 3.05) is 0 Å². The zero-order valence-electron chi connectivity index (χ0n) is 11.4. The largest absolute Gasteiger partial charge is 0.426 e. The van der Waals surface area contributed by atoms with E-state index in [9.17, 15) is 9.59 Å². The normalized spacial score (nSPS) is 17.3. The molecule has 0 spiro atoms. The number of rotatable bonds is 3. The molecular formula is C18H14O3. The summed E-state index contributed by atoms with van der Waals surface area (Å²) in [5.74, 6) is -0.895. The Morgan fingerprint density at radius 1 is 1.05 bits per heavy atom. The van der Waals surface area contributed by atoms with E-state index in [1.165, 1.54) is 6.08 Å². The summed E-state index contributed by atoms with van der Waals surface area (Å²) in [5, 5.41) is 0. The highest BCUT2D eigenvalue weighted by Gasteiger charge is 2.32. The lowest BCUT2D eigenvalue weighted by molar-refractivity contribution is -0.143. The Kier molecular flexibility index (Phi) is 3.65. The number of ether oxygens (including phenoxy) is 1. The third-order valence-corrected chi connectivity index (χ3v) is 3.47. The fraction of sp³-hybridized carbons (Fsp3) is 0.111. The van der Waals surface area contributed by atoms with E-state index in [-0.39, 0.29) is 5.78 Å². The number of carbonyl (C=O) groups is 2. The Bertz CT molecular complexity index is 701. The van der Waals surface area contributed by atoms with Gasteiger partial charge in [-0.05, 0) is 29.7 Å². The van der Waals surface area contributed by atoms with E-state index in [4.69, 9.17) is 4.74 Å². The number of fused-ring (bicyclic) bond motifs is 1. The highest BCUT2D eigenvalue weighted by Crippen LogP contribution is 2.28. The summed E-state index contributed by atoms with van der Waals surface area (Å²) in [7, 11) is 0. The molecule has 1 atom stereocenters. The Labute approximate surface area is 122 Å². The molecule has 2 aromatic rings. The zero-order valence-corrected chi connectivity index (χ0v) is 11.4. The molecule has 2 aromatic carbocycles. The Morgan fingerprint density at radius 3 is 2.57 bits per heavy atom. The smallest absolute Gasteiger partial charge is 0.322 e. The molecule has 3 heteroatoms. The van der Waals surface area contributed by atoms with Gasteiger partial charge in [0.15, 0.2) is 5.78 Å². The molecule has 0 N–H and O–H groups in total. The fourth-order valence-electron chi connectivity index (χ4n) is 2.33. The second-order valence-electron chi connectivity index (χ2n) is 4.93. The number of allylic oxidation sites excluding steroid dienone is 1. The summed E-state index contributed by atoms with van der Waals surface area (Å²) in [4.78, 5) is 24.1. The van der Waals surface area contributed by atoms with Crippen LogP contribution in [0.1, 0.15) is 11.1 Å². The molecule has 104 valence electrons. The molecule has 0 bridgehead atoms. The second-order valence-corrected chi connectivity index (χ2v) is 4.93. The Hall–Kier alpha value is -2.68. The molecule has 3 nitrogen and oxygen atoms in total. The third kappa shape index (κ3) is 2.92. The fourth-order valence-corrected chi connectivity index (χ4v) is 2.33. The number of esters is 1. The number of ketones is 1. The van der Waals surface area contributed by atoms with E-state index in [0.717, 1.165) is 11.1 Å². The molecule has 0 radical (unpaired) electrons. The number of carbonyl (C=O) groups excluding carboxylic acids is 2. The molecule has 0 saturated heterocycles. The first kappa shape index (κ1) is 13.3. The molecule has 0 aromatic heterocycles. The van der Waals surface area contributed by atoms with E-state index in [2.05, 4.69) is 0 Å². The first-order valence-electron chi connectivity index (χ1n) is 6.80. The van der Waals surface area contributed by atoms with Gasteiger partial charge in [-0.25, -0.2) is 0 Å². The zero-order chi connectivity index (χ0) is 14.7. The van der Waals surface area contributed by atoms with Gasteiger partial charge in [0.05, 0.1) is 0 Å². The molecule has 3 rings (SSSR count). The van der Waals surface area contributed by atoms with Crippen LogP contribution in [0.5, 0.6) is 5.75 Å². The van der Waals surface area contributed by atoms with Crippen LogP contribution in [0.2, 0.25) is 0 Å². The maximum absolute atomic E-state index is 12.2. The molecule has 1 unspecified atom stereocenters. The lowest BCUT2D eigenvalue weighted by atomic mass is 9.92. The first-order chi connectivity index (χ1) is 10.2. The Balaban J connectivity index is 1.77. The summed E-state index contributed by atoms with van der Waals surface area (Å²) in [6.45, 7) is 0. The average Bonchev–Trinajstić information content (AvgIpc) is 2.53. The SMILES string of the molecule is O=C(C=Cc1ccccc1)C1Cc2ccccc2OC1=O. The van der Waals surface area contributed by atoms with Gasteiger partial charge in [0.2, 0.25) is 0 Å². The first-order valence-corrected chi connectivity index (χ1v) is 6.80. The summed E-state index contributed by atoms with van der Waals surface area (Å²) in [6.07, 6.45) is 3.57. The maximum Gasteiger partial charge on any atom is 0.322 e. The van der Waals surface area contributed by atoms with Crippen molar-refractivity contribution in [3.8, 4) is 5.75 Å². The van der Waals surface area contributed by atoms with Gasteiger partial charge in [0.1, 0.15) is 11.7 Å². The monoisotopic (exact) mass is 278 g/mol. The van der Waals surface area contributed by atoms with Crippen LogP contribution in [0, 0.1) is 5.92 Å². The number of hydrogen-bond donors (Lipinski definition) is 0. The van der Waals surface area contributed by atoms with Crippen molar-refractivity contribution in [2.24, 2.45) is 5.92 Å². The van der Waals surface area contributed by atoms with Gasteiger partial charge in [-0.3, -0.25) is 9.59 Å². The van der Waals surface area contributed by atoms with Crippen LogP contribution in [0.3, 0.4) is 0 Å². The van der Waals surface area contributed by atoms with Crippen LogP contribution in [0.4, 0.5) is 0 Å². The van der Waals surface area contributed by atoms with Gasteiger partial charge in [-0.1, -0.05) is 54.6 Å². The lowest BCUT2D eigenvalue weighted by Crippen LogP contribution is -2.32. The van der Waals surface area contributed by atoms with Crippen molar-refractivity contribution < 1.29 is 14.3 Å². The standard InChI is InChI=1S/C18H14O3/c19-16(11-10-13-6-2-1-3-7-13)15-12-14-8-4-5-9-17(14)21-18(15)20/h1-11,15H,12H2. The molecule has 1 heterocycles. The molecule has 0 fully saturated rings. The van der Waals surface area contributed by atoms with Gasteiger partial charge >= 0.3 is 5.97 Å².